The number of anilines is 1. The summed E-state index contributed by atoms with van der Waals surface area (Å²) in [7, 11) is 3.49. The largest absolute Gasteiger partial charge is 0.455 e. The van der Waals surface area contributed by atoms with Gasteiger partial charge in [0.15, 0.2) is 0 Å². The summed E-state index contributed by atoms with van der Waals surface area (Å²) in [6.07, 6.45) is 3.47. The van der Waals surface area contributed by atoms with Gasteiger partial charge in [-0.2, -0.15) is 10.4 Å². The van der Waals surface area contributed by atoms with Crippen molar-refractivity contribution in [3.63, 3.8) is 0 Å². The maximum absolute atomic E-state index is 12.6. The van der Waals surface area contributed by atoms with E-state index in [-0.39, 0.29) is 5.56 Å². The molecule has 4 aromatic rings. The van der Waals surface area contributed by atoms with Gasteiger partial charge < -0.3 is 14.0 Å². The fraction of sp³-hybridized carbons (Fsp3) is 0.174. The SMILES string of the molecule is CCSNc1ccc(Oc2ccc(Cl)cc2C#N)c(-c2cn(C)c(=O)c3cn(C)nc23)c1. The van der Waals surface area contributed by atoms with E-state index in [0.717, 1.165) is 22.6 Å². The van der Waals surface area contributed by atoms with E-state index in [0.29, 0.717) is 33.0 Å². The van der Waals surface area contributed by atoms with Crippen LogP contribution in [0.4, 0.5) is 5.69 Å². The van der Waals surface area contributed by atoms with E-state index in [1.165, 1.54) is 4.57 Å². The number of hydrogen-bond donors (Lipinski definition) is 1. The zero-order chi connectivity index (χ0) is 22.8. The number of halogens is 1. The Morgan fingerprint density at radius 3 is 2.69 bits per heavy atom. The molecule has 0 bridgehead atoms. The number of nitrogens with zero attached hydrogens (tertiary/aromatic N) is 4. The number of ether oxygens (including phenoxy) is 1. The highest BCUT2D eigenvalue weighted by Crippen LogP contribution is 2.39. The van der Waals surface area contributed by atoms with Gasteiger partial charge >= 0.3 is 0 Å². The standard InChI is InChI=1S/C23H20ClN5O2S/c1-4-32-27-16-6-8-21(31-20-7-5-15(24)9-14(20)11-25)17(10-16)18-12-28(2)23(30)19-13-29(3)26-22(18)19/h5-10,12-13,27H,4H2,1-3H3. The highest BCUT2D eigenvalue weighted by atomic mass is 35.5. The summed E-state index contributed by atoms with van der Waals surface area (Å²) in [5.41, 5.74) is 3.15. The molecule has 32 heavy (non-hydrogen) atoms. The second-order valence-corrected chi connectivity index (χ2v) is 8.63. The summed E-state index contributed by atoms with van der Waals surface area (Å²) in [5.74, 6) is 1.82. The molecule has 0 radical (unpaired) electrons. The zero-order valence-electron chi connectivity index (χ0n) is 17.7. The fourth-order valence-corrected chi connectivity index (χ4v) is 4.00. The average Bonchev–Trinajstić information content (AvgIpc) is 3.18. The first kappa shape index (κ1) is 21.8. The lowest BCUT2D eigenvalue weighted by Gasteiger charge is -2.15. The van der Waals surface area contributed by atoms with Gasteiger partial charge in [-0.25, -0.2) is 0 Å². The summed E-state index contributed by atoms with van der Waals surface area (Å²) in [6.45, 7) is 2.06. The number of benzene rings is 2. The molecule has 7 nitrogen and oxygen atoms in total. The second kappa shape index (κ2) is 8.99. The van der Waals surface area contributed by atoms with Crippen molar-refractivity contribution in [3.05, 3.63) is 69.7 Å². The summed E-state index contributed by atoms with van der Waals surface area (Å²) in [5, 5.41) is 15.0. The fourth-order valence-electron chi connectivity index (χ4n) is 3.39. The molecular formula is C23H20ClN5O2S. The molecule has 0 spiro atoms. The number of nitriles is 1. The first-order chi connectivity index (χ1) is 15.4. The van der Waals surface area contributed by atoms with Gasteiger partial charge in [0, 0.05) is 54.1 Å². The summed E-state index contributed by atoms with van der Waals surface area (Å²) < 4.78 is 12.6. The van der Waals surface area contributed by atoms with E-state index >= 15 is 0 Å². The molecule has 2 heterocycles. The monoisotopic (exact) mass is 465 g/mol. The van der Waals surface area contributed by atoms with Crippen LogP contribution in [0.2, 0.25) is 5.02 Å². The van der Waals surface area contributed by atoms with Crippen LogP contribution in [-0.2, 0) is 14.1 Å². The number of hydrogen-bond acceptors (Lipinski definition) is 6. The van der Waals surface area contributed by atoms with Crippen molar-refractivity contribution in [2.45, 2.75) is 6.92 Å². The van der Waals surface area contributed by atoms with Crippen LogP contribution >= 0.6 is 23.5 Å². The predicted octanol–water partition coefficient (Wildman–Crippen LogP) is 5.34. The molecule has 0 aliphatic heterocycles. The molecule has 0 unspecified atom stereocenters. The summed E-state index contributed by atoms with van der Waals surface area (Å²) in [4.78, 5) is 12.6. The molecule has 0 aliphatic rings. The molecule has 2 aromatic heterocycles. The molecule has 4 rings (SSSR count). The number of rotatable bonds is 6. The molecule has 0 saturated heterocycles. The molecule has 9 heteroatoms. The van der Waals surface area contributed by atoms with Crippen LogP contribution in [-0.4, -0.2) is 20.1 Å². The number of nitrogens with one attached hydrogen (secondary N) is 1. The number of aryl methyl sites for hydroxylation is 2. The lowest BCUT2D eigenvalue weighted by atomic mass is 10.0. The molecule has 0 aliphatic carbocycles. The molecule has 162 valence electrons. The van der Waals surface area contributed by atoms with Crippen LogP contribution in [0.1, 0.15) is 12.5 Å². The van der Waals surface area contributed by atoms with Gasteiger partial charge in [-0.15, -0.1) is 0 Å². The second-order valence-electron chi connectivity index (χ2n) is 7.12. The van der Waals surface area contributed by atoms with Crippen molar-refractivity contribution < 1.29 is 4.74 Å². The van der Waals surface area contributed by atoms with Crippen LogP contribution in [0.25, 0.3) is 22.0 Å². The van der Waals surface area contributed by atoms with E-state index in [1.807, 2.05) is 18.2 Å². The van der Waals surface area contributed by atoms with Crippen molar-refractivity contribution in [2.24, 2.45) is 14.1 Å². The van der Waals surface area contributed by atoms with Crippen molar-refractivity contribution in [2.75, 3.05) is 10.5 Å². The Bertz CT molecular complexity index is 1420. The minimum Gasteiger partial charge on any atom is -0.455 e. The van der Waals surface area contributed by atoms with Crippen molar-refractivity contribution in [1.29, 1.82) is 5.26 Å². The predicted molar refractivity (Wildman–Crippen MR) is 129 cm³/mol. The van der Waals surface area contributed by atoms with Crippen LogP contribution in [0.5, 0.6) is 11.5 Å². The number of aromatic nitrogens is 3. The van der Waals surface area contributed by atoms with E-state index in [2.05, 4.69) is 22.8 Å². The molecule has 0 fully saturated rings. The highest BCUT2D eigenvalue weighted by Gasteiger charge is 2.18. The first-order valence-electron chi connectivity index (χ1n) is 9.84. The van der Waals surface area contributed by atoms with Crippen LogP contribution < -0.4 is 15.0 Å². The maximum Gasteiger partial charge on any atom is 0.261 e. The topological polar surface area (TPSA) is 84.9 Å². The Balaban J connectivity index is 1.93. The van der Waals surface area contributed by atoms with Gasteiger partial charge in [0.1, 0.15) is 23.1 Å². The summed E-state index contributed by atoms with van der Waals surface area (Å²) in [6, 6.07) is 12.7. The lowest BCUT2D eigenvalue weighted by molar-refractivity contribution is 0.483. The summed E-state index contributed by atoms with van der Waals surface area (Å²) >= 11 is 7.61. The van der Waals surface area contributed by atoms with Gasteiger partial charge in [-0.1, -0.05) is 30.5 Å². The van der Waals surface area contributed by atoms with Crippen LogP contribution in [0.3, 0.4) is 0 Å². The molecular weight excluding hydrogens is 446 g/mol. The molecule has 2 aromatic carbocycles. The number of pyridine rings is 1. The Hall–Kier alpha value is -3.41. The minimum absolute atomic E-state index is 0.125. The van der Waals surface area contributed by atoms with Crippen LogP contribution in [0, 0.1) is 11.3 Å². The van der Waals surface area contributed by atoms with Gasteiger partial charge in [-0.05, 0) is 36.4 Å². The molecule has 1 N–H and O–H groups in total. The zero-order valence-corrected chi connectivity index (χ0v) is 19.3. The average molecular weight is 466 g/mol. The minimum atomic E-state index is -0.125. The van der Waals surface area contributed by atoms with E-state index < -0.39 is 0 Å². The Labute approximate surface area is 194 Å². The van der Waals surface area contributed by atoms with Gasteiger partial charge in [-0.3, -0.25) is 9.48 Å². The third-order valence-electron chi connectivity index (χ3n) is 4.84. The van der Waals surface area contributed by atoms with Gasteiger partial charge in [0.25, 0.3) is 5.56 Å². The Morgan fingerprint density at radius 2 is 1.94 bits per heavy atom. The van der Waals surface area contributed by atoms with Crippen LogP contribution in [0.15, 0.2) is 53.6 Å². The first-order valence-corrected chi connectivity index (χ1v) is 11.2. The maximum atomic E-state index is 12.6. The van der Waals surface area contributed by atoms with Gasteiger partial charge in [0.05, 0.1) is 10.9 Å². The highest BCUT2D eigenvalue weighted by molar-refractivity contribution is 8.00. The quantitative estimate of drug-likeness (QED) is 0.387. The van der Waals surface area contributed by atoms with Crippen molar-refractivity contribution in [1.82, 2.24) is 14.3 Å². The Kier molecular flexibility index (Phi) is 6.12. The molecule has 0 saturated carbocycles. The molecule has 0 amide bonds. The van der Waals surface area contributed by atoms with Crippen molar-refractivity contribution in [3.8, 4) is 28.7 Å². The smallest absolute Gasteiger partial charge is 0.261 e. The normalized spacial score (nSPS) is 10.8. The lowest BCUT2D eigenvalue weighted by Crippen LogP contribution is -2.16. The third-order valence-corrected chi connectivity index (χ3v) is 5.75. The van der Waals surface area contributed by atoms with Gasteiger partial charge in [0.2, 0.25) is 0 Å². The third kappa shape index (κ3) is 4.17. The number of fused-ring (bicyclic) bond motifs is 1. The molecule has 0 atom stereocenters. The van der Waals surface area contributed by atoms with E-state index in [9.17, 15) is 10.1 Å². The van der Waals surface area contributed by atoms with Crippen molar-refractivity contribution >= 4 is 40.1 Å². The van der Waals surface area contributed by atoms with E-state index in [1.54, 1.807) is 61.3 Å². The Morgan fingerprint density at radius 1 is 1.16 bits per heavy atom. The van der Waals surface area contributed by atoms with E-state index in [4.69, 9.17) is 16.3 Å².